The molecule has 9 nitrogen and oxygen atoms in total. The number of aromatic nitrogens is 2. The number of methoxy groups -OCH3 is 1. The predicted octanol–water partition coefficient (Wildman–Crippen LogP) is 2.58. The highest BCUT2D eigenvalue weighted by Crippen LogP contribution is 2.35. The summed E-state index contributed by atoms with van der Waals surface area (Å²) in [7, 11) is 1.26. The van der Waals surface area contributed by atoms with Crippen molar-refractivity contribution in [2.24, 2.45) is 0 Å². The standard InChI is InChI=1S/C21H20N4O5S/c1-29-21(28)15-7-3-2-6-14(15)20(27)23-19-16-11-31-12-17(16)24-25(19)10-18(26)22-9-13-5-4-8-30-13/h2-8H,9-12H2,1H3,(H,22,26)(H,23,27). The molecule has 10 heteroatoms. The van der Waals surface area contributed by atoms with Crippen LogP contribution < -0.4 is 10.6 Å². The first-order valence-corrected chi connectivity index (χ1v) is 10.7. The van der Waals surface area contributed by atoms with E-state index in [4.69, 9.17) is 9.15 Å². The number of benzene rings is 1. The lowest BCUT2D eigenvalue weighted by Gasteiger charge is -2.12. The third-order valence-corrected chi connectivity index (χ3v) is 5.73. The van der Waals surface area contributed by atoms with E-state index in [2.05, 4.69) is 15.7 Å². The molecule has 31 heavy (non-hydrogen) atoms. The quantitative estimate of drug-likeness (QED) is 0.543. The molecule has 0 atom stereocenters. The van der Waals surface area contributed by atoms with Crippen LogP contribution in [0.3, 0.4) is 0 Å². The van der Waals surface area contributed by atoms with Crippen LogP contribution in [-0.4, -0.2) is 34.7 Å². The number of fused-ring (bicyclic) bond motifs is 1. The zero-order valence-corrected chi connectivity index (χ0v) is 17.5. The first kappa shape index (κ1) is 20.7. The van der Waals surface area contributed by atoms with Crippen LogP contribution in [0.1, 0.15) is 37.7 Å². The molecule has 0 radical (unpaired) electrons. The van der Waals surface area contributed by atoms with Crippen molar-refractivity contribution in [3.05, 3.63) is 70.8 Å². The van der Waals surface area contributed by atoms with E-state index in [0.29, 0.717) is 23.1 Å². The average Bonchev–Trinajstić information content (AvgIpc) is 3.52. The number of nitrogens with zero attached hydrogens (tertiary/aromatic N) is 2. The summed E-state index contributed by atoms with van der Waals surface area (Å²) in [6.07, 6.45) is 1.54. The van der Waals surface area contributed by atoms with Crippen LogP contribution in [0.15, 0.2) is 47.1 Å². The molecule has 2 aromatic heterocycles. The van der Waals surface area contributed by atoms with E-state index < -0.39 is 11.9 Å². The van der Waals surface area contributed by atoms with Gasteiger partial charge >= 0.3 is 5.97 Å². The van der Waals surface area contributed by atoms with Crippen molar-refractivity contribution in [2.75, 3.05) is 12.4 Å². The largest absolute Gasteiger partial charge is 0.467 e. The molecule has 0 spiro atoms. The Hall–Kier alpha value is -3.53. The fourth-order valence-corrected chi connectivity index (χ4v) is 4.29. The van der Waals surface area contributed by atoms with Gasteiger partial charge in [-0.15, -0.1) is 0 Å². The monoisotopic (exact) mass is 440 g/mol. The Morgan fingerprint density at radius 3 is 2.71 bits per heavy atom. The number of furan rings is 1. The van der Waals surface area contributed by atoms with E-state index in [-0.39, 0.29) is 30.1 Å². The van der Waals surface area contributed by atoms with Crippen molar-refractivity contribution in [1.29, 1.82) is 0 Å². The smallest absolute Gasteiger partial charge is 0.338 e. The van der Waals surface area contributed by atoms with Gasteiger partial charge in [-0.2, -0.15) is 16.9 Å². The molecule has 1 aromatic carbocycles. The average molecular weight is 440 g/mol. The highest BCUT2D eigenvalue weighted by molar-refractivity contribution is 7.98. The van der Waals surface area contributed by atoms with Gasteiger partial charge in [0, 0.05) is 17.1 Å². The number of esters is 1. The van der Waals surface area contributed by atoms with Crippen LogP contribution in [0.5, 0.6) is 0 Å². The fraction of sp³-hybridized carbons (Fsp3) is 0.238. The van der Waals surface area contributed by atoms with Crippen molar-refractivity contribution in [3.8, 4) is 0 Å². The fourth-order valence-electron chi connectivity index (χ4n) is 3.26. The maximum Gasteiger partial charge on any atom is 0.338 e. The number of rotatable bonds is 7. The summed E-state index contributed by atoms with van der Waals surface area (Å²) >= 11 is 1.68. The number of carbonyl (C=O) groups is 3. The Bertz CT molecular complexity index is 1120. The molecular weight excluding hydrogens is 420 g/mol. The summed E-state index contributed by atoms with van der Waals surface area (Å²) in [6, 6.07) is 9.92. The number of nitrogens with one attached hydrogen (secondary N) is 2. The molecule has 4 rings (SSSR count). The van der Waals surface area contributed by atoms with Crippen LogP contribution in [0, 0.1) is 0 Å². The van der Waals surface area contributed by atoms with Gasteiger partial charge < -0.3 is 19.8 Å². The first-order valence-electron chi connectivity index (χ1n) is 9.51. The predicted molar refractivity (Wildman–Crippen MR) is 114 cm³/mol. The van der Waals surface area contributed by atoms with Crippen molar-refractivity contribution in [3.63, 3.8) is 0 Å². The topological polar surface area (TPSA) is 115 Å². The molecule has 3 heterocycles. The van der Waals surface area contributed by atoms with Crippen molar-refractivity contribution in [2.45, 2.75) is 24.6 Å². The van der Waals surface area contributed by atoms with E-state index in [0.717, 1.165) is 11.3 Å². The Labute approximate surface area is 182 Å². The van der Waals surface area contributed by atoms with Gasteiger partial charge in [0.25, 0.3) is 5.91 Å². The second-order valence-electron chi connectivity index (χ2n) is 6.77. The highest BCUT2D eigenvalue weighted by atomic mass is 32.2. The van der Waals surface area contributed by atoms with Crippen molar-refractivity contribution in [1.82, 2.24) is 15.1 Å². The third-order valence-electron chi connectivity index (χ3n) is 4.76. The Morgan fingerprint density at radius 2 is 1.97 bits per heavy atom. The van der Waals surface area contributed by atoms with Crippen LogP contribution in [-0.2, 0) is 34.1 Å². The zero-order valence-electron chi connectivity index (χ0n) is 16.7. The van der Waals surface area contributed by atoms with Gasteiger partial charge in [-0.1, -0.05) is 12.1 Å². The van der Waals surface area contributed by atoms with Gasteiger partial charge in [-0.25, -0.2) is 9.48 Å². The first-order chi connectivity index (χ1) is 15.1. The third kappa shape index (κ3) is 4.48. The second kappa shape index (κ2) is 9.09. The van der Waals surface area contributed by atoms with Crippen LogP contribution in [0.25, 0.3) is 0 Å². The molecule has 160 valence electrons. The molecule has 1 aliphatic heterocycles. The summed E-state index contributed by atoms with van der Waals surface area (Å²) in [6.45, 7) is 0.198. The molecule has 2 amide bonds. The number of hydrogen-bond donors (Lipinski definition) is 2. The molecule has 0 fully saturated rings. The number of anilines is 1. The van der Waals surface area contributed by atoms with Gasteiger partial charge in [0.05, 0.1) is 36.7 Å². The highest BCUT2D eigenvalue weighted by Gasteiger charge is 2.26. The molecule has 0 bridgehead atoms. The van der Waals surface area contributed by atoms with Crippen LogP contribution in [0.2, 0.25) is 0 Å². The van der Waals surface area contributed by atoms with Crippen molar-refractivity contribution < 1.29 is 23.5 Å². The minimum Gasteiger partial charge on any atom is -0.467 e. The minimum absolute atomic E-state index is 0.0629. The van der Waals surface area contributed by atoms with Crippen molar-refractivity contribution >= 4 is 35.4 Å². The van der Waals surface area contributed by atoms with Gasteiger partial charge in [0.1, 0.15) is 18.1 Å². The van der Waals surface area contributed by atoms with Crippen LogP contribution >= 0.6 is 11.8 Å². The molecular formula is C21H20N4O5S. The Balaban J connectivity index is 1.54. The summed E-state index contributed by atoms with van der Waals surface area (Å²) in [5.41, 5.74) is 2.06. The maximum absolute atomic E-state index is 13.0. The van der Waals surface area contributed by atoms with Gasteiger partial charge in [0.15, 0.2) is 0 Å². The molecule has 2 N–H and O–H groups in total. The zero-order chi connectivity index (χ0) is 21.8. The summed E-state index contributed by atoms with van der Waals surface area (Å²) in [5, 5.41) is 10.1. The van der Waals surface area contributed by atoms with E-state index in [1.54, 1.807) is 42.1 Å². The van der Waals surface area contributed by atoms with E-state index in [1.165, 1.54) is 24.1 Å². The Morgan fingerprint density at radius 1 is 1.16 bits per heavy atom. The number of carbonyl (C=O) groups excluding carboxylic acids is 3. The van der Waals surface area contributed by atoms with Gasteiger partial charge in [-0.3, -0.25) is 9.59 Å². The molecule has 1 aliphatic rings. The molecule has 0 saturated carbocycles. The molecule has 0 unspecified atom stereocenters. The Kier molecular flexibility index (Phi) is 6.08. The lowest BCUT2D eigenvalue weighted by molar-refractivity contribution is -0.122. The van der Waals surface area contributed by atoms with E-state index in [9.17, 15) is 14.4 Å². The number of thioether (sulfide) groups is 1. The lowest BCUT2D eigenvalue weighted by Crippen LogP contribution is -2.29. The van der Waals surface area contributed by atoms with Gasteiger partial charge in [0.2, 0.25) is 5.91 Å². The van der Waals surface area contributed by atoms with E-state index in [1.807, 2.05) is 0 Å². The maximum atomic E-state index is 13.0. The summed E-state index contributed by atoms with van der Waals surface area (Å²) in [5.74, 6) is 1.14. The molecule has 0 saturated heterocycles. The van der Waals surface area contributed by atoms with Gasteiger partial charge in [-0.05, 0) is 24.3 Å². The summed E-state index contributed by atoms with van der Waals surface area (Å²) < 4.78 is 11.5. The molecule has 3 aromatic rings. The number of hydrogen-bond acceptors (Lipinski definition) is 7. The number of amides is 2. The second-order valence-corrected chi connectivity index (χ2v) is 7.76. The minimum atomic E-state index is -0.600. The normalized spacial score (nSPS) is 12.3. The SMILES string of the molecule is COC(=O)c1ccccc1C(=O)Nc1c2c(nn1CC(=O)NCc1ccco1)CSC2. The number of ether oxygens (including phenoxy) is 1. The van der Waals surface area contributed by atoms with Crippen LogP contribution in [0.4, 0.5) is 5.82 Å². The molecule has 0 aliphatic carbocycles. The van der Waals surface area contributed by atoms with E-state index >= 15 is 0 Å². The summed E-state index contributed by atoms with van der Waals surface area (Å²) in [4.78, 5) is 37.5. The lowest BCUT2D eigenvalue weighted by atomic mass is 10.1.